The minimum absolute atomic E-state index is 0.135. The molecule has 0 spiro atoms. The highest BCUT2D eigenvalue weighted by Crippen LogP contribution is 2.29. The van der Waals surface area contributed by atoms with E-state index in [0.29, 0.717) is 6.42 Å². The van der Waals surface area contributed by atoms with Crippen molar-refractivity contribution in [3.8, 4) is 0 Å². The number of carbonyl (C=O) groups excluding carboxylic acids is 1. The van der Waals surface area contributed by atoms with Crippen molar-refractivity contribution in [3.63, 3.8) is 0 Å². The Morgan fingerprint density at radius 2 is 1.14 bits per heavy atom. The maximum atomic E-state index is 11.7. The molecule has 0 amide bonds. The summed E-state index contributed by atoms with van der Waals surface area (Å²) in [4.78, 5) is 18.8. The Morgan fingerprint density at radius 1 is 0.705 bits per heavy atom. The van der Waals surface area contributed by atoms with Crippen LogP contribution in [0, 0.1) is 6.92 Å². The van der Waals surface area contributed by atoms with Crippen molar-refractivity contribution in [3.05, 3.63) is 95.1 Å². The van der Waals surface area contributed by atoms with Gasteiger partial charge in [-0.2, -0.15) is 0 Å². The lowest BCUT2D eigenvalue weighted by atomic mass is 9.81. The number of ether oxygens (including phenoxy) is 2. The molecule has 2 aliphatic rings. The molecule has 2 heterocycles. The number of Topliss-reactive ketones (excluding diaryl/α,β-unsaturated/α-hetero) is 1. The van der Waals surface area contributed by atoms with Gasteiger partial charge >= 0.3 is 0 Å². The Morgan fingerprint density at radius 3 is 1.55 bits per heavy atom. The van der Waals surface area contributed by atoms with Gasteiger partial charge in [0.2, 0.25) is 0 Å². The van der Waals surface area contributed by atoms with Crippen LogP contribution in [0.4, 0.5) is 11.4 Å². The van der Waals surface area contributed by atoms with E-state index >= 15 is 0 Å². The van der Waals surface area contributed by atoms with E-state index in [9.17, 15) is 4.79 Å². The van der Waals surface area contributed by atoms with Gasteiger partial charge in [0.1, 0.15) is 0 Å². The lowest BCUT2D eigenvalue weighted by Crippen LogP contribution is -2.47. The van der Waals surface area contributed by atoms with Gasteiger partial charge in [-0.05, 0) is 94.2 Å². The summed E-state index contributed by atoms with van der Waals surface area (Å²) in [5.41, 5.74) is 7.60. The van der Waals surface area contributed by atoms with Crippen molar-refractivity contribution >= 4 is 17.2 Å². The van der Waals surface area contributed by atoms with Gasteiger partial charge in [0.05, 0.1) is 26.4 Å². The number of anilines is 2. The number of benzene rings is 3. The SMILES string of the molecule is CCC(Cc1ccc(C)cc1)(Cc1ccc(N2CCOCC2)cc1)N(C)C.CCCC(=O)c1ccc(N2CCOCC2)cc1. The number of rotatable bonds is 11. The molecule has 1 unspecified atom stereocenters. The van der Waals surface area contributed by atoms with Gasteiger partial charge in [-0.1, -0.05) is 55.8 Å². The molecule has 0 aliphatic carbocycles. The van der Waals surface area contributed by atoms with E-state index in [1.165, 1.54) is 28.1 Å². The first-order chi connectivity index (χ1) is 21.3. The van der Waals surface area contributed by atoms with Crippen molar-refractivity contribution in [2.24, 2.45) is 0 Å². The molecule has 0 aromatic heterocycles. The summed E-state index contributed by atoms with van der Waals surface area (Å²) in [5.74, 6) is 0.237. The van der Waals surface area contributed by atoms with E-state index < -0.39 is 0 Å². The van der Waals surface area contributed by atoms with E-state index in [0.717, 1.165) is 83.9 Å². The van der Waals surface area contributed by atoms with Crippen molar-refractivity contribution in [2.45, 2.75) is 58.4 Å². The molecule has 44 heavy (non-hydrogen) atoms. The molecule has 0 radical (unpaired) electrons. The molecule has 0 saturated carbocycles. The van der Waals surface area contributed by atoms with Crippen molar-refractivity contribution in [1.29, 1.82) is 0 Å². The van der Waals surface area contributed by atoms with Crippen LogP contribution in [-0.2, 0) is 22.3 Å². The zero-order chi connectivity index (χ0) is 31.4. The van der Waals surface area contributed by atoms with Crippen molar-refractivity contribution < 1.29 is 14.3 Å². The average Bonchev–Trinajstić information content (AvgIpc) is 3.07. The second kappa shape index (κ2) is 16.8. The third-order valence-electron chi connectivity index (χ3n) is 9.15. The number of aryl methyl sites for hydroxylation is 1. The number of carbonyl (C=O) groups is 1. The first kappa shape index (κ1) is 33.7. The fourth-order valence-corrected chi connectivity index (χ4v) is 6.11. The quantitative estimate of drug-likeness (QED) is 0.225. The van der Waals surface area contributed by atoms with Gasteiger partial charge in [0, 0.05) is 55.1 Å². The number of nitrogens with zero attached hydrogens (tertiary/aromatic N) is 3. The highest BCUT2D eigenvalue weighted by molar-refractivity contribution is 5.96. The van der Waals surface area contributed by atoms with Gasteiger partial charge in [-0.15, -0.1) is 0 Å². The maximum absolute atomic E-state index is 11.7. The molecule has 238 valence electrons. The van der Waals surface area contributed by atoms with Crippen LogP contribution in [0.3, 0.4) is 0 Å². The van der Waals surface area contributed by atoms with Gasteiger partial charge in [0.25, 0.3) is 0 Å². The second-order valence-electron chi connectivity index (χ2n) is 12.4. The monoisotopic (exact) mass is 599 g/mol. The minimum atomic E-state index is 0.135. The predicted octanol–water partition coefficient (Wildman–Crippen LogP) is 6.83. The maximum Gasteiger partial charge on any atom is 0.162 e. The summed E-state index contributed by atoms with van der Waals surface area (Å²) in [7, 11) is 4.44. The molecule has 6 nitrogen and oxygen atoms in total. The second-order valence-corrected chi connectivity index (χ2v) is 12.4. The van der Waals surface area contributed by atoms with Gasteiger partial charge in [0.15, 0.2) is 5.78 Å². The molecule has 1 atom stereocenters. The Bertz CT molecular complexity index is 1260. The summed E-state index contributed by atoms with van der Waals surface area (Å²) in [5, 5.41) is 0. The van der Waals surface area contributed by atoms with Gasteiger partial charge in [-0.25, -0.2) is 0 Å². The molecule has 3 aromatic carbocycles. The fraction of sp³-hybridized carbons (Fsp3) is 0.500. The Balaban J connectivity index is 0.000000223. The molecular formula is C38H53N3O3. The summed E-state index contributed by atoms with van der Waals surface area (Å²) in [6, 6.07) is 26.1. The summed E-state index contributed by atoms with van der Waals surface area (Å²) < 4.78 is 10.8. The number of hydrogen-bond acceptors (Lipinski definition) is 6. The van der Waals surface area contributed by atoms with E-state index in [1.54, 1.807) is 0 Å². The number of likely N-dealkylation sites (N-methyl/N-ethyl adjacent to an activating group) is 1. The standard InChI is InChI=1S/C24H34N2O.C14H19NO2/c1-5-24(25(3)4,18-21-8-6-20(2)7-9-21)19-22-10-12-23(13-11-22)26-14-16-27-17-15-26;1-2-3-14(16)12-4-6-13(7-5-12)15-8-10-17-11-9-15/h6-13H,5,14-19H2,1-4H3;4-7H,2-3,8-11H2,1H3. The number of hydrogen-bond donors (Lipinski definition) is 0. The van der Waals surface area contributed by atoms with Crippen LogP contribution < -0.4 is 9.80 Å². The lowest BCUT2D eigenvalue weighted by molar-refractivity contribution is 0.0981. The van der Waals surface area contributed by atoms with Crippen LogP contribution in [0.1, 0.15) is 60.2 Å². The van der Waals surface area contributed by atoms with E-state index in [-0.39, 0.29) is 11.3 Å². The van der Waals surface area contributed by atoms with Crippen LogP contribution in [0.5, 0.6) is 0 Å². The Hall–Kier alpha value is -3.19. The molecular weight excluding hydrogens is 546 g/mol. The van der Waals surface area contributed by atoms with E-state index in [2.05, 4.69) is 91.2 Å². The lowest BCUT2D eigenvalue weighted by Gasteiger charge is -2.40. The molecule has 6 heteroatoms. The Labute approximate surface area is 266 Å². The van der Waals surface area contributed by atoms with Crippen molar-refractivity contribution in [1.82, 2.24) is 4.90 Å². The molecule has 2 aliphatic heterocycles. The summed E-state index contributed by atoms with van der Waals surface area (Å²) in [6.45, 7) is 13.6. The van der Waals surface area contributed by atoms with E-state index in [4.69, 9.17) is 9.47 Å². The summed E-state index contributed by atoms with van der Waals surface area (Å²) in [6.07, 6.45) is 4.80. The van der Waals surface area contributed by atoms with E-state index in [1.807, 2.05) is 31.2 Å². The molecule has 2 saturated heterocycles. The van der Waals surface area contributed by atoms with Crippen LogP contribution in [0.25, 0.3) is 0 Å². The molecule has 0 N–H and O–H groups in total. The van der Waals surface area contributed by atoms with Crippen LogP contribution in [0.2, 0.25) is 0 Å². The third kappa shape index (κ3) is 9.40. The van der Waals surface area contributed by atoms with Crippen LogP contribution >= 0.6 is 0 Å². The van der Waals surface area contributed by atoms with Crippen LogP contribution in [-0.4, -0.2) is 82.9 Å². The predicted molar refractivity (Wildman–Crippen MR) is 183 cm³/mol. The fourth-order valence-electron chi connectivity index (χ4n) is 6.11. The van der Waals surface area contributed by atoms with Gasteiger partial charge in [-0.3, -0.25) is 4.79 Å². The van der Waals surface area contributed by atoms with Crippen molar-refractivity contribution in [2.75, 3.05) is 76.5 Å². The zero-order valence-corrected chi connectivity index (χ0v) is 27.7. The minimum Gasteiger partial charge on any atom is -0.378 e. The van der Waals surface area contributed by atoms with Crippen LogP contribution in [0.15, 0.2) is 72.8 Å². The Kier molecular flexibility index (Phi) is 12.8. The molecule has 5 rings (SSSR count). The molecule has 2 fully saturated rings. The average molecular weight is 600 g/mol. The normalized spacial score (nSPS) is 16.7. The number of ketones is 1. The highest BCUT2D eigenvalue weighted by atomic mass is 16.5. The topological polar surface area (TPSA) is 45.2 Å². The molecule has 0 bridgehead atoms. The first-order valence-electron chi connectivity index (χ1n) is 16.4. The third-order valence-corrected chi connectivity index (χ3v) is 9.15. The summed E-state index contributed by atoms with van der Waals surface area (Å²) >= 11 is 0. The zero-order valence-electron chi connectivity index (χ0n) is 27.7. The highest BCUT2D eigenvalue weighted by Gasteiger charge is 2.31. The largest absolute Gasteiger partial charge is 0.378 e. The van der Waals surface area contributed by atoms with Gasteiger partial charge < -0.3 is 24.2 Å². The smallest absolute Gasteiger partial charge is 0.162 e. The molecule has 3 aromatic rings. The first-order valence-corrected chi connectivity index (χ1v) is 16.4. The number of morpholine rings is 2.